The van der Waals surface area contributed by atoms with Crippen LogP contribution in [0.15, 0.2) is 36.0 Å². The quantitative estimate of drug-likeness (QED) is 0.911. The molecule has 120 valence electrons. The minimum Gasteiger partial charge on any atom is -0.481 e. The standard InChI is InChI=1S/C17H20N4O2/c1-10-9-14(17(22)23)15-11(2)18-19-16(15)21(10)13-7-5-12(6-8-13)20(3)4/h5-9,14H,1-4H3,(H,18,19)(H,22,23). The van der Waals surface area contributed by atoms with Gasteiger partial charge in [0.05, 0.1) is 5.69 Å². The largest absolute Gasteiger partial charge is 0.481 e. The average molecular weight is 312 g/mol. The van der Waals surface area contributed by atoms with Crippen LogP contribution in [-0.4, -0.2) is 35.4 Å². The minimum absolute atomic E-state index is 0.666. The van der Waals surface area contributed by atoms with E-state index in [1.807, 2.05) is 62.0 Å². The van der Waals surface area contributed by atoms with Crippen molar-refractivity contribution in [2.24, 2.45) is 0 Å². The SMILES string of the molecule is CC1=CC(C(=O)O)c2c(C)n[nH]c2N1c1ccc(N(C)C)cc1. The number of carbonyl (C=O) groups is 1. The summed E-state index contributed by atoms with van der Waals surface area (Å²) in [5, 5.41) is 16.7. The van der Waals surface area contributed by atoms with Crippen molar-refractivity contribution in [3.8, 4) is 0 Å². The van der Waals surface area contributed by atoms with Crippen LogP contribution in [0.3, 0.4) is 0 Å². The van der Waals surface area contributed by atoms with Gasteiger partial charge in [-0.15, -0.1) is 0 Å². The molecule has 2 N–H and O–H groups in total. The Morgan fingerprint density at radius 1 is 1.26 bits per heavy atom. The Balaban J connectivity index is 2.09. The number of hydrogen-bond donors (Lipinski definition) is 2. The topological polar surface area (TPSA) is 72.5 Å². The predicted molar refractivity (Wildman–Crippen MR) is 90.4 cm³/mol. The normalized spacial score (nSPS) is 16.8. The average Bonchev–Trinajstić information content (AvgIpc) is 2.88. The second-order valence-electron chi connectivity index (χ2n) is 5.94. The maximum Gasteiger partial charge on any atom is 0.315 e. The molecule has 0 fully saturated rings. The Labute approximate surface area is 135 Å². The summed E-state index contributed by atoms with van der Waals surface area (Å²) in [5.74, 6) is -0.800. The third-order valence-electron chi connectivity index (χ3n) is 4.16. The Bertz CT molecular complexity index is 774. The van der Waals surface area contributed by atoms with Crippen molar-refractivity contribution in [1.82, 2.24) is 10.2 Å². The Morgan fingerprint density at radius 2 is 1.91 bits per heavy atom. The first-order chi connectivity index (χ1) is 10.9. The van der Waals surface area contributed by atoms with Crippen molar-refractivity contribution >= 4 is 23.2 Å². The zero-order valence-electron chi connectivity index (χ0n) is 13.7. The first-order valence-electron chi connectivity index (χ1n) is 7.43. The van der Waals surface area contributed by atoms with E-state index in [0.29, 0.717) is 5.69 Å². The number of aliphatic carboxylic acids is 1. The van der Waals surface area contributed by atoms with E-state index in [2.05, 4.69) is 10.2 Å². The molecule has 2 aromatic rings. The number of rotatable bonds is 3. The van der Waals surface area contributed by atoms with Gasteiger partial charge in [-0.3, -0.25) is 14.8 Å². The fourth-order valence-electron chi connectivity index (χ4n) is 2.97. The zero-order chi connectivity index (χ0) is 16.7. The van der Waals surface area contributed by atoms with Gasteiger partial charge in [0.25, 0.3) is 0 Å². The summed E-state index contributed by atoms with van der Waals surface area (Å²) in [6.45, 7) is 3.74. The lowest BCUT2D eigenvalue weighted by Crippen LogP contribution is -2.25. The highest BCUT2D eigenvalue weighted by atomic mass is 16.4. The number of nitrogens with one attached hydrogen (secondary N) is 1. The number of hydrogen-bond acceptors (Lipinski definition) is 4. The molecule has 2 heterocycles. The highest BCUT2D eigenvalue weighted by Gasteiger charge is 2.33. The van der Waals surface area contributed by atoms with Crippen molar-refractivity contribution in [2.75, 3.05) is 23.9 Å². The highest BCUT2D eigenvalue weighted by molar-refractivity contribution is 5.86. The van der Waals surface area contributed by atoms with E-state index in [1.165, 1.54) is 0 Å². The Hall–Kier alpha value is -2.76. The van der Waals surface area contributed by atoms with Gasteiger partial charge in [0, 0.05) is 36.7 Å². The second kappa shape index (κ2) is 5.46. The van der Waals surface area contributed by atoms with Crippen molar-refractivity contribution in [1.29, 1.82) is 0 Å². The molecule has 6 nitrogen and oxygen atoms in total. The van der Waals surface area contributed by atoms with Gasteiger partial charge in [0.2, 0.25) is 0 Å². The lowest BCUT2D eigenvalue weighted by Gasteiger charge is -2.31. The molecular formula is C17H20N4O2. The molecule has 1 aliphatic heterocycles. The van der Waals surface area contributed by atoms with Gasteiger partial charge in [-0.1, -0.05) is 0 Å². The number of aromatic amines is 1. The number of carboxylic acids is 1. The van der Waals surface area contributed by atoms with E-state index in [4.69, 9.17) is 0 Å². The molecule has 23 heavy (non-hydrogen) atoms. The maximum absolute atomic E-state index is 11.6. The molecule has 0 bridgehead atoms. The number of aryl methyl sites for hydroxylation is 1. The molecule has 0 saturated heterocycles. The van der Waals surface area contributed by atoms with Crippen LogP contribution < -0.4 is 9.80 Å². The maximum atomic E-state index is 11.6. The zero-order valence-corrected chi connectivity index (χ0v) is 13.7. The van der Waals surface area contributed by atoms with Gasteiger partial charge in [-0.25, -0.2) is 0 Å². The smallest absolute Gasteiger partial charge is 0.315 e. The molecule has 1 aliphatic rings. The van der Waals surface area contributed by atoms with E-state index in [-0.39, 0.29) is 0 Å². The number of allylic oxidation sites excluding steroid dienone is 1. The molecule has 6 heteroatoms. The Morgan fingerprint density at radius 3 is 2.48 bits per heavy atom. The van der Waals surface area contributed by atoms with Gasteiger partial charge in [0.15, 0.2) is 0 Å². The van der Waals surface area contributed by atoms with Gasteiger partial charge >= 0.3 is 5.97 Å². The summed E-state index contributed by atoms with van der Waals surface area (Å²) < 4.78 is 0. The molecule has 1 aromatic carbocycles. The molecule has 3 rings (SSSR count). The van der Waals surface area contributed by atoms with Crippen LogP contribution in [-0.2, 0) is 4.79 Å². The molecule has 1 atom stereocenters. The summed E-state index contributed by atoms with van der Waals surface area (Å²) in [4.78, 5) is 15.6. The van der Waals surface area contributed by atoms with Gasteiger partial charge < -0.3 is 10.0 Å². The van der Waals surface area contributed by atoms with Crippen molar-refractivity contribution in [3.05, 3.63) is 47.3 Å². The number of aromatic nitrogens is 2. The van der Waals surface area contributed by atoms with E-state index in [1.54, 1.807) is 6.08 Å². The number of anilines is 3. The van der Waals surface area contributed by atoms with Gasteiger partial charge in [0.1, 0.15) is 11.7 Å². The van der Waals surface area contributed by atoms with Crippen LogP contribution >= 0.6 is 0 Å². The fraction of sp³-hybridized carbons (Fsp3) is 0.294. The molecule has 0 amide bonds. The van der Waals surface area contributed by atoms with E-state index in [0.717, 1.165) is 28.5 Å². The summed E-state index contributed by atoms with van der Waals surface area (Å²) in [6.07, 6.45) is 1.77. The van der Waals surface area contributed by atoms with E-state index >= 15 is 0 Å². The number of benzene rings is 1. The molecule has 1 aromatic heterocycles. The van der Waals surface area contributed by atoms with Gasteiger partial charge in [-0.05, 0) is 44.2 Å². The first kappa shape index (κ1) is 15.1. The van der Waals surface area contributed by atoms with E-state index in [9.17, 15) is 9.90 Å². The van der Waals surface area contributed by atoms with Crippen LogP contribution in [0.4, 0.5) is 17.2 Å². The third-order valence-corrected chi connectivity index (χ3v) is 4.16. The van der Waals surface area contributed by atoms with Crippen LogP contribution in [0, 0.1) is 6.92 Å². The number of carboxylic acid groups (broad SMARTS) is 1. The molecule has 0 saturated carbocycles. The minimum atomic E-state index is -0.863. The Kier molecular flexibility index (Phi) is 3.60. The van der Waals surface area contributed by atoms with Gasteiger partial charge in [-0.2, -0.15) is 5.10 Å². The molecular weight excluding hydrogens is 292 g/mol. The summed E-state index contributed by atoms with van der Waals surface area (Å²) in [7, 11) is 3.99. The van der Waals surface area contributed by atoms with E-state index < -0.39 is 11.9 Å². The summed E-state index contributed by atoms with van der Waals surface area (Å²) in [5.41, 5.74) is 4.38. The predicted octanol–water partition coefficient (Wildman–Crippen LogP) is 3.01. The fourth-order valence-corrected chi connectivity index (χ4v) is 2.97. The second-order valence-corrected chi connectivity index (χ2v) is 5.94. The van der Waals surface area contributed by atoms with Crippen LogP contribution in [0.2, 0.25) is 0 Å². The lowest BCUT2D eigenvalue weighted by atomic mass is 9.94. The molecule has 0 radical (unpaired) electrons. The third kappa shape index (κ3) is 2.46. The monoisotopic (exact) mass is 312 g/mol. The highest BCUT2D eigenvalue weighted by Crippen LogP contribution is 2.41. The van der Waals surface area contributed by atoms with Crippen molar-refractivity contribution in [2.45, 2.75) is 19.8 Å². The first-order valence-corrected chi connectivity index (χ1v) is 7.43. The summed E-state index contributed by atoms with van der Waals surface area (Å²) in [6, 6.07) is 8.12. The summed E-state index contributed by atoms with van der Waals surface area (Å²) >= 11 is 0. The molecule has 0 spiro atoms. The van der Waals surface area contributed by atoms with Crippen LogP contribution in [0.1, 0.15) is 24.1 Å². The molecule has 1 unspecified atom stereocenters. The van der Waals surface area contributed by atoms with Crippen molar-refractivity contribution in [3.63, 3.8) is 0 Å². The van der Waals surface area contributed by atoms with Crippen LogP contribution in [0.5, 0.6) is 0 Å². The lowest BCUT2D eigenvalue weighted by molar-refractivity contribution is -0.137. The van der Waals surface area contributed by atoms with Crippen molar-refractivity contribution < 1.29 is 9.90 Å². The molecule has 0 aliphatic carbocycles. The number of nitrogens with zero attached hydrogens (tertiary/aromatic N) is 3. The van der Waals surface area contributed by atoms with Crippen LogP contribution in [0.25, 0.3) is 0 Å². The number of H-pyrrole nitrogens is 1. The number of fused-ring (bicyclic) bond motifs is 1.